The second-order valence-electron chi connectivity index (χ2n) is 6.77. The third-order valence-corrected chi connectivity index (χ3v) is 4.96. The van der Waals surface area contributed by atoms with E-state index in [9.17, 15) is 14.0 Å². The Morgan fingerprint density at radius 2 is 2.15 bits per heavy atom. The molecule has 1 aliphatic heterocycles. The molecule has 0 radical (unpaired) electrons. The SMILES string of the molecule is CC(C)=C1OCN(c2cccc(OC3CC(Cl)CC3F)c2)C1C(=O)C=O. The van der Waals surface area contributed by atoms with E-state index < -0.39 is 24.1 Å². The van der Waals surface area contributed by atoms with Crippen molar-refractivity contribution >= 4 is 29.4 Å². The summed E-state index contributed by atoms with van der Waals surface area (Å²) in [5.74, 6) is 0.400. The molecule has 0 N–H and O–H groups in total. The van der Waals surface area contributed by atoms with E-state index in [1.54, 1.807) is 29.2 Å². The van der Waals surface area contributed by atoms with Crippen LogP contribution in [0, 0.1) is 0 Å². The maximum absolute atomic E-state index is 13.9. The van der Waals surface area contributed by atoms with Gasteiger partial charge in [0.2, 0.25) is 5.78 Å². The fourth-order valence-corrected chi connectivity index (χ4v) is 3.69. The molecule has 0 aromatic heterocycles. The van der Waals surface area contributed by atoms with E-state index in [4.69, 9.17) is 21.1 Å². The molecule has 26 heavy (non-hydrogen) atoms. The highest BCUT2D eigenvalue weighted by Crippen LogP contribution is 2.34. The molecule has 4 unspecified atom stereocenters. The van der Waals surface area contributed by atoms with E-state index in [2.05, 4.69) is 0 Å². The number of ether oxygens (including phenoxy) is 2. The summed E-state index contributed by atoms with van der Waals surface area (Å²) in [5, 5.41) is -0.222. The van der Waals surface area contributed by atoms with Gasteiger partial charge in [-0.1, -0.05) is 6.07 Å². The molecule has 4 atom stereocenters. The highest BCUT2D eigenvalue weighted by Gasteiger charge is 2.38. The first kappa shape index (κ1) is 18.7. The Morgan fingerprint density at radius 3 is 2.77 bits per heavy atom. The van der Waals surface area contributed by atoms with E-state index in [1.807, 2.05) is 13.8 Å². The largest absolute Gasteiger partial charge is 0.487 e. The summed E-state index contributed by atoms with van der Waals surface area (Å²) in [6.07, 6.45) is -0.636. The van der Waals surface area contributed by atoms with Crippen LogP contribution < -0.4 is 9.64 Å². The summed E-state index contributed by atoms with van der Waals surface area (Å²) in [4.78, 5) is 24.9. The van der Waals surface area contributed by atoms with Crippen molar-refractivity contribution in [3.05, 3.63) is 35.6 Å². The Hall–Kier alpha value is -2.08. The minimum atomic E-state index is -1.10. The number of nitrogens with zero attached hydrogens (tertiary/aromatic N) is 1. The van der Waals surface area contributed by atoms with Gasteiger partial charge in [-0.25, -0.2) is 4.39 Å². The molecule has 3 rings (SSSR count). The van der Waals surface area contributed by atoms with Gasteiger partial charge >= 0.3 is 0 Å². The zero-order valence-corrected chi connectivity index (χ0v) is 15.4. The van der Waals surface area contributed by atoms with Gasteiger partial charge in [-0.3, -0.25) is 9.59 Å². The smallest absolute Gasteiger partial charge is 0.225 e. The predicted octanol–water partition coefficient (Wildman–Crippen LogP) is 3.40. The van der Waals surface area contributed by atoms with E-state index in [0.717, 1.165) is 5.57 Å². The van der Waals surface area contributed by atoms with Crippen LogP contribution in [0.2, 0.25) is 0 Å². The molecule has 1 aromatic rings. The molecule has 1 heterocycles. The Labute approximate surface area is 156 Å². The highest BCUT2D eigenvalue weighted by atomic mass is 35.5. The normalized spacial score (nSPS) is 28.0. The Kier molecular flexibility index (Phi) is 5.51. The maximum atomic E-state index is 13.9. The van der Waals surface area contributed by atoms with E-state index >= 15 is 0 Å². The van der Waals surface area contributed by atoms with Gasteiger partial charge in [0.25, 0.3) is 0 Å². The van der Waals surface area contributed by atoms with Gasteiger partial charge in [0.1, 0.15) is 23.8 Å². The molecule has 0 amide bonds. The number of alkyl halides is 2. The van der Waals surface area contributed by atoms with Crippen molar-refractivity contribution in [2.24, 2.45) is 0 Å². The Morgan fingerprint density at radius 1 is 1.38 bits per heavy atom. The molecular weight excluding hydrogens is 361 g/mol. The fourth-order valence-electron chi connectivity index (χ4n) is 3.35. The Bertz CT molecular complexity index is 734. The average Bonchev–Trinajstić information content (AvgIpc) is 3.18. The average molecular weight is 382 g/mol. The molecule has 1 aliphatic carbocycles. The first-order valence-corrected chi connectivity index (χ1v) is 8.95. The number of carbonyl (C=O) groups excluding carboxylic acids is 2. The Balaban J connectivity index is 1.84. The zero-order valence-electron chi connectivity index (χ0n) is 14.7. The van der Waals surface area contributed by atoms with Crippen molar-refractivity contribution in [1.82, 2.24) is 0 Å². The van der Waals surface area contributed by atoms with Gasteiger partial charge in [0.05, 0.1) is 0 Å². The number of rotatable bonds is 5. The number of carbonyl (C=O) groups is 2. The lowest BCUT2D eigenvalue weighted by atomic mass is 10.1. The molecule has 2 aliphatic rings. The third kappa shape index (κ3) is 3.70. The summed E-state index contributed by atoms with van der Waals surface area (Å²) in [6, 6.07) is 6.21. The second-order valence-corrected chi connectivity index (χ2v) is 7.39. The highest BCUT2D eigenvalue weighted by molar-refractivity contribution is 6.29. The van der Waals surface area contributed by atoms with Crippen molar-refractivity contribution < 1.29 is 23.5 Å². The molecule has 1 aromatic carbocycles. The summed E-state index contributed by atoms with van der Waals surface area (Å²) < 4.78 is 25.3. The van der Waals surface area contributed by atoms with Crippen LogP contribution in [0.1, 0.15) is 26.7 Å². The van der Waals surface area contributed by atoms with E-state index in [-0.39, 0.29) is 18.5 Å². The van der Waals surface area contributed by atoms with Crippen molar-refractivity contribution in [2.75, 3.05) is 11.6 Å². The summed E-state index contributed by atoms with van der Waals surface area (Å²) in [5.41, 5.74) is 1.49. The van der Waals surface area contributed by atoms with Crippen LogP contribution in [0.5, 0.6) is 5.75 Å². The van der Waals surface area contributed by atoms with Gasteiger partial charge in [-0.05, 0) is 38.0 Å². The quantitative estimate of drug-likeness (QED) is 0.444. The molecule has 2 fully saturated rings. The maximum Gasteiger partial charge on any atom is 0.225 e. The molecular formula is C19H21ClFNO4. The van der Waals surface area contributed by atoms with Crippen LogP contribution >= 0.6 is 11.6 Å². The van der Waals surface area contributed by atoms with Crippen LogP contribution in [-0.4, -0.2) is 42.5 Å². The number of ketones is 1. The van der Waals surface area contributed by atoms with Crippen molar-refractivity contribution in [3.63, 3.8) is 0 Å². The standard InChI is InChI=1S/C19H21ClFNO4/c1-11(2)19-18(16(24)9-23)22(10-25-19)13-4-3-5-14(8-13)26-17-7-12(20)6-15(17)21/h3-5,8-9,12,15,17-18H,6-7,10H2,1-2H3. The molecule has 7 heteroatoms. The summed E-state index contributed by atoms with van der Waals surface area (Å²) in [7, 11) is 0. The number of Topliss-reactive ketones (excluding diaryl/α,β-unsaturated/α-hetero) is 1. The number of benzene rings is 1. The van der Waals surface area contributed by atoms with Gasteiger partial charge < -0.3 is 14.4 Å². The summed E-state index contributed by atoms with van der Waals surface area (Å²) in [6.45, 7) is 3.80. The van der Waals surface area contributed by atoms with Crippen LogP contribution in [-0.2, 0) is 14.3 Å². The number of hydrogen-bond donors (Lipinski definition) is 0. The van der Waals surface area contributed by atoms with Gasteiger partial charge in [-0.2, -0.15) is 0 Å². The van der Waals surface area contributed by atoms with Crippen LogP contribution in [0.4, 0.5) is 10.1 Å². The number of allylic oxidation sites excluding steroid dienone is 1. The minimum Gasteiger partial charge on any atom is -0.487 e. The van der Waals surface area contributed by atoms with Gasteiger partial charge in [-0.15, -0.1) is 11.6 Å². The van der Waals surface area contributed by atoms with E-state index in [1.165, 1.54) is 0 Å². The molecule has 0 spiro atoms. The monoisotopic (exact) mass is 381 g/mol. The zero-order chi connectivity index (χ0) is 18.8. The van der Waals surface area contributed by atoms with Gasteiger partial charge in [0, 0.05) is 23.6 Å². The first-order valence-electron chi connectivity index (χ1n) is 8.51. The molecule has 140 valence electrons. The number of anilines is 1. The fraction of sp³-hybridized carbons (Fsp3) is 0.474. The molecule has 1 saturated carbocycles. The van der Waals surface area contributed by atoms with Crippen molar-refractivity contribution in [2.45, 2.75) is 50.4 Å². The summed E-state index contributed by atoms with van der Waals surface area (Å²) >= 11 is 6.00. The second kappa shape index (κ2) is 7.66. The van der Waals surface area contributed by atoms with Crippen LogP contribution in [0.3, 0.4) is 0 Å². The van der Waals surface area contributed by atoms with Crippen molar-refractivity contribution in [3.8, 4) is 5.75 Å². The lowest BCUT2D eigenvalue weighted by Gasteiger charge is -2.23. The lowest BCUT2D eigenvalue weighted by molar-refractivity contribution is -0.130. The van der Waals surface area contributed by atoms with Gasteiger partial charge in [0.15, 0.2) is 19.1 Å². The topological polar surface area (TPSA) is 55.8 Å². The first-order chi connectivity index (χ1) is 12.4. The third-order valence-electron chi connectivity index (χ3n) is 4.61. The number of hydrogen-bond acceptors (Lipinski definition) is 5. The minimum absolute atomic E-state index is 0.146. The molecule has 1 saturated heterocycles. The predicted molar refractivity (Wildman–Crippen MR) is 96.3 cm³/mol. The van der Waals surface area contributed by atoms with E-state index in [0.29, 0.717) is 29.9 Å². The van der Waals surface area contributed by atoms with Crippen LogP contribution in [0.15, 0.2) is 35.6 Å². The van der Waals surface area contributed by atoms with Crippen LogP contribution in [0.25, 0.3) is 0 Å². The molecule has 0 bridgehead atoms. The number of aldehydes is 1. The molecule has 5 nitrogen and oxygen atoms in total. The van der Waals surface area contributed by atoms with Crippen molar-refractivity contribution in [1.29, 1.82) is 0 Å². The lowest BCUT2D eigenvalue weighted by Crippen LogP contribution is -2.38. The number of halogens is 2.